The number of nitrogens with one attached hydrogen (secondary N) is 2. The van der Waals surface area contributed by atoms with Crippen LogP contribution in [0.25, 0.3) is 32.5 Å². The molecule has 4 rings (SSSR count). The Kier molecular flexibility index (Phi) is 4.05. The van der Waals surface area contributed by atoms with Crippen LogP contribution in [0.2, 0.25) is 0 Å². The molecule has 27 heavy (non-hydrogen) atoms. The molecule has 2 aromatic carbocycles. The minimum Gasteiger partial charge on any atom is -0.507 e. The van der Waals surface area contributed by atoms with Crippen molar-refractivity contribution >= 4 is 27.3 Å². The first-order valence-electron chi connectivity index (χ1n) is 8.28. The third-order valence-electron chi connectivity index (χ3n) is 4.50. The maximum Gasteiger partial charge on any atom is 0.261 e. The maximum absolute atomic E-state index is 12.1. The lowest BCUT2D eigenvalue weighted by Crippen LogP contribution is -2.15. The number of aromatic nitrogens is 1. The fourth-order valence-corrected chi connectivity index (χ4v) is 4.16. The zero-order valence-corrected chi connectivity index (χ0v) is 15.2. The number of pyridine rings is 1. The van der Waals surface area contributed by atoms with Gasteiger partial charge in [-0.25, -0.2) is 0 Å². The van der Waals surface area contributed by atoms with Gasteiger partial charge in [0.15, 0.2) is 0 Å². The highest BCUT2D eigenvalue weighted by Crippen LogP contribution is 2.39. The molecular formula is C21H16N2O3S. The number of hydrogen-bond acceptors (Lipinski definition) is 5. The normalized spacial score (nSPS) is 11.0. The largest absolute Gasteiger partial charge is 0.507 e. The smallest absolute Gasteiger partial charge is 0.261 e. The Morgan fingerprint density at radius 3 is 2.26 bits per heavy atom. The van der Waals surface area contributed by atoms with Crippen molar-refractivity contribution in [3.8, 4) is 33.8 Å². The SMILES string of the molecule is CC(=N)c1c(O)c2c(-c3ccc(-c4ccccc4O)cc3)csc2[nH]c1=O. The second-order valence-corrected chi connectivity index (χ2v) is 7.13. The third kappa shape index (κ3) is 2.80. The fraction of sp³-hybridized carbons (Fsp3) is 0.0476. The van der Waals surface area contributed by atoms with Gasteiger partial charge in [-0.2, -0.15) is 0 Å². The molecule has 5 nitrogen and oxygen atoms in total. The molecule has 0 amide bonds. The maximum atomic E-state index is 12.1. The summed E-state index contributed by atoms with van der Waals surface area (Å²) in [6.07, 6.45) is 0. The zero-order valence-electron chi connectivity index (χ0n) is 14.4. The number of fused-ring (bicyclic) bond motifs is 1. The molecule has 0 saturated carbocycles. The zero-order chi connectivity index (χ0) is 19.1. The Bertz CT molecular complexity index is 1240. The van der Waals surface area contributed by atoms with Gasteiger partial charge in [0.25, 0.3) is 5.56 Å². The van der Waals surface area contributed by atoms with Gasteiger partial charge >= 0.3 is 0 Å². The minimum absolute atomic E-state index is 0.00650. The summed E-state index contributed by atoms with van der Waals surface area (Å²) in [5, 5.41) is 30.8. The Labute approximate surface area is 158 Å². The summed E-state index contributed by atoms with van der Waals surface area (Å²) in [5.74, 6) is 0.0508. The van der Waals surface area contributed by atoms with Crippen LogP contribution in [0.1, 0.15) is 12.5 Å². The van der Waals surface area contributed by atoms with E-state index in [4.69, 9.17) is 5.41 Å². The van der Waals surface area contributed by atoms with E-state index in [1.165, 1.54) is 18.3 Å². The number of thiophene rings is 1. The summed E-state index contributed by atoms with van der Waals surface area (Å²) in [5.41, 5.74) is 2.83. The first-order valence-corrected chi connectivity index (χ1v) is 9.16. The van der Waals surface area contributed by atoms with Crippen molar-refractivity contribution in [3.05, 3.63) is 69.8 Å². The molecule has 0 spiro atoms. The predicted octanol–water partition coefficient (Wildman–Crippen LogP) is 4.72. The molecule has 0 radical (unpaired) electrons. The van der Waals surface area contributed by atoms with E-state index in [-0.39, 0.29) is 22.8 Å². The van der Waals surface area contributed by atoms with E-state index in [1.807, 2.05) is 41.8 Å². The summed E-state index contributed by atoms with van der Waals surface area (Å²) in [6.45, 7) is 1.48. The first kappa shape index (κ1) is 17.1. The molecule has 4 aromatic rings. The Hall–Kier alpha value is -3.38. The van der Waals surface area contributed by atoms with Crippen molar-refractivity contribution in [2.45, 2.75) is 6.92 Å². The highest BCUT2D eigenvalue weighted by atomic mass is 32.1. The van der Waals surface area contributed by atoms with Crippen molar-refractivity contribution in [2.75, 3.05) is 0 Å². The quantitative estimate of drug-likeness (QED) is 0.389. The van der Waals surface area contributed by atoms with Gasteiger partial charge in [0.05, 0.1) is 5.39 Å². The molecule has 4 N–H and O–H groups in total. The number of hydrogen-bond donors (Lipinski definition) is 4. The molecule has 134 valence electrons. The average Bonchev–Trinajstić information content (AvgIpc) is 3.06. The van der Waals surface area contributed by atoms with Crippen LogP contribution in [0.15, 0.2) is 58.7 Å². The van der Waals surface area contributed by atoms with Gasteiger partial charge in [-0.3, -0.25) is 4.79 Å². The van der Waals surface area contributed by atoms with Gasteiger partial charge in [0.2, 0.25) is 0 Å². The second kappa shape index (κ2) is 6.41. The number of phenolic OH excluding ortho intramolecular Hbond substituents is 1. The van der Waals surface area contributed by atoms with Crippen molar-refractivity contribution in [1.82, 2.24) is 4.98 Å². The molecule has 0 unspecified atom stereocenters. The van der Waals surface area contributed by atoms with Gasteiger partial charge in [-0.1, -0.05) is 42.5 Å². The number of para-hydroxylation sites is 1. The number of aromatic hydroxyl groups is 2. The first-order chi connectivity index (χ1) is 13.0. The van der Waals surface area contributed by atoms with Crippen LogP contribution in [0.4, 0.5) is 0 Å². The summed E-state index contributed by atoms with van der Waals surface area (Å²) >= 11 is 1.33. The highest BCUT2D eigenvalue weighted by Gasteiger charge is 2.18. The monoisotopic (exact) mass is 376 g/mol. The van der Waals surface area contributed by atoms with Crippen molar-refractivity contribution < 1.29 is 10.2 Å². The molecule has 2 heterocycles. The highest BCUT2D eigenvalue weighted by molar-refractivity contribution is 7.17. The van der Waals surface area contributed by atoms with E-state index < -0.39 is 5.56 Å². The average molecular weight is 376 g/mol. The number of phenols is 1. The van der Waals surface area contributed by atoms with E-state index in [1.54, 1.807) is 12.1 Å². The lowest BCUT2D eigenvalue weighted by molar-refractivity contribution is 0.477. The van der Waals surface area contributed by atoms with Crippen LogP contribution in [0.5, 0.6) is 11.5 Å². The summed E-state index contributed by atoms with van der Waals surface area (Å²) < 4.78 is 0. The van der Waals surface area contributed by atoms with Crippen LogP contribution in [0, 0.1) is 5.41 Å². The van der Waals surface area contributed by atoms with Crippen molar-refractivity contribution in [2.24, 2.45) is 0 Å². The van der Waals surface area contributed by atoms with Crippen molar-refractivity contribution in [1.29, 1.82) is 5.41 Å². The molecule has 0 saturated heterocycles. The van der Waals surface area contributed by atoms with Gasteiger partial charge in [-0.15, -0.1) is 11.3 Å². The summed E-state index contributed by atoms with van der Waals surface area (Å²) in [7, 11) is 0. The Balaban J connectivity index is 1.86. The summed E-state index contributed by atoms with van der Waals surface area (Å²) in [4.78, 5) is 15.4. The van der Waals surface area contributed by atoms with E-state index in [9.17, 15) is 15.0 Å². The number of H-pyrrole nitrogens is 1. The second-order valence-electron chi connectivity index (χ2n) is 6.25. The molecule has 0 aliphatic heterocycles. The molecule has 0 fully saturated rings. The van der Waals surface area contributed by atoms with E-state index >= 15 is 0 Å². The van der Waals surface area contributed by atoms with Crippen molar-refractivity contribution in [3.63, 3.8) is 0 Å². The molecule has 0 bridgehead atoms. The van der Waals surface area contributed by atoms with Crippen LogP contribution in [-0.2, 0) is 0 Å². The predicted molar refractivity (Wildman–Crippen MR) is 109 cm³/mol. The molecule has 0 atom stereocenters. The van der Waals surface area contributed by atoms with Gasteiger partial charge < -0.3 is 20.6 Å². The number of benzene rings is 2. The molecule has 2 aromatic heterocycles. The molecular weight excluding hydrogens is 360 g/mol. The Morgan fingerprint density at radius 2 is 1.63 bits per heavy atom. The number of rotatable bonds is 3. The molecule has 6 heteroatoms. The van der Waals surface area contributed by atoms with Gasteiger partial charge in [0.1, 0.15) is 21.9 Å². The van der Waals surface area contributed by atoms with Gasteiger partial charge in [0, 0.05) is 22.2 Å². The van der Waals surface area contributed by atoms with Crippen LogP contribution in [-0.4, -0.2) is 20.9 Å². The lowest BCUT2D eigenvalue weighted by Gasteiger charge is -2.08. The lowest BCUT2D eigenvalue weighted by atomic mass is 9.99. The fourth-order valence-electron chi connectivity index (χ4n) is 3.19. The molecule has 0 aliphatic carbocycles. The van der Waals surface area contributed by atoms with E-state index in [0.717, 1.165) is 22.3 Å². The molecule has 0 aliphatic rings. The van der Waals surface area contributed by atoms with E-state index in [0.29, 0.717) is 10.2 Å². The number of aromatic amines is 1. The summed E-state index contributed by atoms with van der Waals surface area (Å²) in [6, 6.07) is 14.8. The standard InChI is InChI=1S/C21H16N2O3S/c1-11(22)17-19(25)18-15(10-27-21(18)23-20(17)26)13-8-6-12(7-9-13)14-4-2-3-5-16(14)24/h2-10,22,24H,1H3,(H2,23,25,26). The van der Waals surface area contributed by atoms with Crippen LogP contribution in [0.3, 0.4) is 0 Å². The third-order valence-corrected chi connectivity index (χ3v) is 5.40. The van der Waals surface area contributed by atoms with Gasteiger partial charge in [-0.05, 0) is 24.1 Å². The Morgan fingerprint density at radius 1 is 1.00 bits per heavy atom. The topological polar surface area (TPSA) is 97.2 Å². The van der Waals surface area contributed by atoms with Crippen LogP contribution >= 0.6 is 11.3 Å². The van der Waals surface area contributed by atoms with E-state index in [2.05, 4.69) is 4.98 Å². The van der Waals surface area contributed by atoms with Crippen LogP contribution < -0.4 is 5.56 Å². The minimum atomic E-state index is -0.462.